The molecule has 1 fully saturated rings. The van der Waals surface area contributed by atoms with Gasteiger partial charge in [0.25, 0.3) is 0 Å². The summed E-state index contributed by atoms with van der Waals surface area (Å²) in [5, 5.41) is 2.91. The summed E-state index contributed by atoms with van der Waals surface area (Å²) in [6.45, 7) is 0. The Balaban J connectivity index is 1.97. The van der Waals surface area contributed by atoms with Gasteiger partial charge in [-0.15, -0.1) is 0 Å². The van der Waals surface area contributed by atoms with Gasteiger partial charge in [0, 0.05) is 20.2 Å². The van der Waals surface area contributed by atoms with Gasteiger partial charge in [0.2, 0.25) is 5.91 Å². The number of anilines is 1. The summed E-state index contributed by atoms with van der Waals surface area (Å²) < 4.78 is 2.17. The number of nitrogens with one attached hydrogen (secondary N) is 1. The van der Waals surface area contributed by atoms with Gasteiger partial charge in [0.15, 0.2) is 0 Å². The van der Waals surface area contributed by atoms with Gasteiger partial charge in [-0.05, 0) is 75.5 Å². The molecule has 1 aliphatic carbocycles. The normalized spacial score (nSPS) is 15.1. The van der Waals surface area contributed by atoms with Crippen molar-refractivity contribution in [2.45, 2.75) is 19.3 Å². The minimum Gasteiger partial charge on any atom is -0.326 e. The fraction of sp³-hybridized carbons (Fsp3) is 0.364. The molecule has 0 saturated heterocycles. The number of rotatable bonds is 3. The van der Waals surface area contributed by atoms with Crippen LogP contribution in [0.1, 0.15) is 19.3 Å². The summed E-state index contributed by atoms with van der Waals surface area (Å²) in [5.41, 5.74) is 0.868. The minimum atomic E-state index is 0.130. The molecule has 0 aliphatic heterocycles. The first-order chi connectivity index (χ1) is 7.15. The van der Waals surface area contributed by atoms with Crippen LogP contribution in [-0.4, -0.2) is 5.91 Å². The van der Waals surface area contributed by atoms with Crippen LogP contribution in [0.4, 0.5) is 5.69 Å². The Kier molecular flexibility index (Phi) is 3.66. The molecule has 80 valence electrons. The average Bonchev–Trinajstić information content (AvgIpc) is 2.95. The van der Waals surface area contributed by atoms with Gasteiger partial charge in [-0.3, -0.25) is 4.79 Å². The standard InChI is InChI=1S/C11H11BrINO/c12-9-6-8(3-4-10(9)13)14-11(15)5-7-1-2-7/h3-4,6-7H,1-2,5H2,(H,14,15). The van der Waals surface area contributed by atoms with Gasteiger partial charge in [-0.1, -0.05) is 0 Å². The molecule has 0 radical (unpaired) electrons. The lowest BCUT2D eigenvalue weighted by molar-refractivity contribution is -0.116. The first-order valence-corrected chi connectivity index (χ1v) is 6.77. The van der Waals surface area contributed by atoms with E-state index in [1.165, 1.54) is 12.8 Å². The van der Waals surface area contributed by atoms with E-state index >= 15 is 0 Å². The molecule has 4 heteroatoms. The van der Waals surface area contributed by atoms with Gasteiger partial charge < -0.3 is 5.32 Å². The maximum Gasteiger partial charge on any atom is 0.224 e. The number of benzene rings is 1. The van der Waals surface area contributed by atoms with Crippen molar-refractivity contribution in [3.63, 3.8) is 0 Å². The highest BCUT2D eigenvalue weighted by Crippen LogP contribution is 2.32. The van der Waals surface area contributed by atoms with Crippen molar-refractivity contribution in [1.29, 1.82) is 0 Å². The third-order valence-corrected chi connectivity index (χ3v) is 4.71. The maximum absolute atomic E-state index is 11.5. The van der Waals surface area contributed by atoms with Gasteiger partial charge in [0.1, 0.15) is 0 Å². The van der Waals surface area contributed by atoms with E-state index in [-0.39, 0.29) is 5.91 Å². The number of hydrogen-bond donors (Lipinski definition) is 1. The smallest absolute Gasteiger partial charge is 0.224 e. The summed E-state index contributed by atoms with van der Waals surface area (Å²) in [6, 6.07) is 5.85. The highest BCUT2D eigenvalue weighted by molar-refractivity contribution is 14.1. The highest BCUT2D eigenvalue weighted by Gasteiger charge is 2.24. The van der Waals surface area contributed by atoms with Gasteiger partial charge >= 0.3 is 0 Å². The van der Waals surface area contributed by atoms with Gasteiger partial charge in [-0.25, -0.2) is 0 Å². The van der Waals surface area contributed by atoms with Crippen LogP contribution in [0.5, 0.6) is 0 Å². The Morgan fingerprint density at radius 1 is 1.53 bits per heavy atom. The molecule has 0 unspecified atom stereocenters. The van der Waals surface area contributed by atoms with Crippen LogP contribution in [0, 0.1) is 9.49 Å². The minimum absolute atomic E-state index is 0.130. The van der Waals surface area contributed by atoms with Crippen LogP contribution in [0.15, 0.2) is 22.7 Å². The van der Waals surface area contributed by atoms with Crippen molar-refractivity contribution in [2.75, 3.05) is 5.32 Å². The summed E-state index contributed by atoms with van der Waals surface area (Å²) >= 11 is 5.69. The zero-order valence-corrected chi connectivity index (χ0v) is 11.8. The molecule has 1 aliphatic rings. The molecule has 2 rings (SSSR count). The molecular formula is C11H11BrINO. The Hall–Kier alpha value is -0.100. The average molecular weight is 380 g/mol. The molecule has 0 spiro atoms. The lowest BCUT2D eigenvalue weighted by Gasteiger charge is -2.05. The lowest BCUT2D eigenvalue weighted by atomic mass is 10.2. The van der Waals surface area contributed by atoms with E-state index in [1.807, 2.05) is 18.2 Å². The molecule has 0 aromatic heterocycles. The third kappa shape index (κ3) is 3.45. The Morgan fingerprint density at radius 2 is 2.27 bits per heavy atom. The van der Waals surface area contributed by atoms with Crippen LogP contribution in [0.3, 0.4) is 0 Å². The topological polar surface area (TPSA) is 29.1 Å². The second-order valence-corrected chi connectivity index (χ2v) is 5.84. The van der Waals surface area contributed by atoms with Crippen LogP contribution < -0.4 is 5.32 Å². The second kappa shape index (κ2) is 4.82. The van der Waals surface area contributed by atoms with E-state index in [4.69, 9.17) is 0 Å². The number of hydrogen-bond acceptors (Lipinski definition) is 1. The largest absolute Gasteiger partial charge is 0.326 e. The number of carbonyl (C=O) groups is 1. The molecule has 0 atom stereocenters. The van der Waals surface area contributed by atoms with Crippen LogP contribution in [0.25, 0.3) is 0 Å². The summed E-state index contributed by atoms with van der Waals surface area (Å²) in [7, 11) is 0. The fourth-order valence-corrected chi connectivity index (χ4v) is 2.08. The Labute approximate surface area is 111 Å². The Morgan fingerprint density at radius 3 is 2.87 bits per heavy atom. The Bertz CT molecular complexity index is 390. The molecule has 1 amide bonds. The van der Waals surface area contributed by atoms with Crippen LogP contribution >= 0.6 is 38.5 Å². The summed E-state index contributed by atoms with van der Waals surface area (Å²) in [4.78, 5) is 11.5. The van der Waals surface area contributed by atoms with Crippen LogP contribution in [-0.2, 0) is 4.79 Å². The first kappa shape index (κ1) is 11.4. The first-order valence-electron chi connectivity index (χ1n) is 4.90. The molecule has 1 saturated carbocycles. The zero-order valence-electron chi connectivity index (χ0n) is 8.09. The summed E-state index contributed by atoms with van der Waals surface area (Å²) in [5.74, 6) is 0.767. The van der Waals surface area contributed by atoms with Gasteiger partial charge in [-0.2, -0.15) is 0 Å². The van der Waals surface area contributed by atoms with E-state index in [0.717, 1.165) is 13.7 Å². The molecule has 1 N–H and O–H groups in total. The van der Waals surface area contributed by atoms with E-state index < -0.39 is 0 Å². The predicted molar refractivity (Wildman–Crippen MR) is 72.8 cm³/mol. The van der Waals surface area contributed by atoms with E-state index in [1.54, 1.807) is 0 Å². The van der Waals surface area contributed by atoms with Crippen LogP contribution in [0.2, 0.25) is 0 Å². The molecule has 2 nitrogen and oxygen atoms in total. The van der Waals surface area contributed by atoms with Crippen molar-refractivity contribution in [3.05, 3.63) is 26.2 Å². The second-order valence-electron chi connectivity index (χ2n) is 3.82. The van der Waals surface area contributed by atoms with E-state index in [9.17, 15) is 4.79 Å². The number of carbonyl (C=O) groups excluding carboxylic acids is 1. The maximum atomic E-state index is 11.5. The third-order valence-electron chi connectivity index (χ3n) is 2.37. The monoisotopic (exact) mass is 379 g/mol. The molecule has 0 bridgehead atoms. The van der Waals surface area contributed by atoms with Crippen molar-refractivity contribution in [2.24, 2.45) is 5.92 Å². The molecule has 1 aromatic carbocycles. The number of halogens is 2. The van der Waals surface area contributed by atoms with E-state index in [2.05, 4.69) is 43.8 Å². The SMILES string of the molecule is O=C(CC1CC1)Nc1ccc(I)c(Br)c1. The quantitative estimate of drug-likeness (QED) is 0.795. The molecule has 15 heavy (non-hydrogen) atoms. The summed E-state index contributed by atoms with van der Waals surface area (Å²) in [6.07, 6.45) is 3.09. The number of amides is 1. The highest BCUT2D eigenvalue weighted by atomic mass is 127. The van der Waals surface area contributed by atoms with Crippen molar-refractivity contribution >= 4 is 50.1 Å². The molecule has 0 heterocycles. The zero-order chi connectivity index (χ0) is 10.8. The lowest BCUT2D eigenvalue weighted by Crippen LogP contribution is -2.11. The molecular weight excluding hydrogens is 369 g/mol. The van der Waals surface area contributed by atoms with Crippen molar-refractivity contribution in [3.8, 4) is 0 Å². The van der Waals surface area contributed by atoms with Crippen molar-refractivity contribution in [1.82, 2.24) is 0 Å². The molecule has 1 aromatic rings. The predicted octanol–water partition coefficient (Wildman–Crippen LogP) is 3.79. The van der Waals surface area contributed by atoms with Gasteiger partial charge in [0.05, 0.1) is 0 Å². The van der Waals surface area contributed by atoms with Crippen molar-refractivity contribution < 1.29 is 4.79 Å². The van der Waals surface area contributed by atoms with E-state index in [0.29, 0.717) is 12.3 Å². The fourth-order valence-electron chi connectivity index (χ4n) is 1.37.